The van der Waals surface area contributed by atoms with Crippen LogP contribution in [0.1, 0.15) is 0 Å². The molecular weight excluding hydrogens is 605 g/mol. The van der Waals surface area contributed by atoms with Crippen LogP contribution in [0.3, 0.4) is 0 Å². The number of para-hydroxylation sites is 2. The monoisotopic (exact) mass is 636 g/mol. The summed E-state index contributed by atoms with van der Waals surface area (Å²) in [6.45, 7) is 0. The summed E-state index contributed by atoms with van der Waals surface area (Å²) in [4.78, 5) is 2.40. The normalized spacial score (nSPS) is 11.6. The topological polar surface area (TPSA) is 8.17 Å². The number of anilines is 3. The third-order valence-electron chi connectivity index (χ3n) is 10.1. The minimum Gasteiger partial charge on any atom is -0.310 e. The number of rotatable bonds is 5. The van der Waals surface area contributed by atoms with Crippen LogP contribution < -0.4 is 4.90 Å². The highest BCUT2D eigenvalue weighted by atomic mass is 15.1. The minimum absolute atomic E-state index is 1.11. The zero-order valence-electron chi connectivity index (χ0n) is 27.4. The number of fused-ring (bicyclic) bond motifs is 8. The van der Waals surface area contributed by atoms with Crippen molar-refractivity contribution >= 4 is 71.2 Å². The molecule has 0 saturated carbocycles. The van der Waals surface area contributed by atoms with Crippen LogP contribution in [0, 0.1) is 0 Å². The van der Waals surface area contributed by atoms with Gasteiger partial charge in [-0.15, -0.1) is 0 Å². The summed E-state index contributed by atoms with van der Waals surface area (Å²) >= 11 is 0. The maximum absolute atomic E-state index is 2.40. The summed E-state index contributed by atoms with van der Waals surface area (Å²) < 4.78 is 2.39. The van der Waals surface area contributed by atoms with E-state index in [1.807, 2.05) is 0 Å². The molecule has 234 valence electrons. The van der Waals surface area contributed by atoms with Gasteiger partial charge in [0, 0.05) is 33.5 Å². The lowest BCUT2D eigenvalue weighted by Gasteiger charge is -2.26. The van der Waals surface area contributed by atoms with Crippen LogP contribution in [-0.2, 0) is 0 Å². The summed E-state index contributed by atoms with van der Waals surface area (Å²) in [5, 5.41) is 10.1. The second-order valence-electron chi connectivity index (χ2n) is 13.0. The Labute approximate surface area is 290 Å². The Bertz CT molecular complexity index is 2850. The number of hydrogen-bond donors (Lipinski definition) is 0. The molecule has 0 bridgehead atoms. The summed E-state index contributed by atoms with van der Waals surface area (Å²) in [6, 6.07) is 70.5. The van der Waals surface area contributed by atoms with Crippen molar-refractivity contribution in [3.05, 3.63) is 194 Å². The Hall–Kier alpha value is -6.64. The van der Waals surface area contributed by atoms with E-state index < -0.39 is 0 Å². The van der Waals surface area contributed by atoms with Crippen LogP contribution >= 0.6 is 0 Å². The Morgan fingerprint density at radius 2 is 0.860 bits per heavy atom. The predicted molar refractivity (Wildman–Crippen MR) is 213 cm³/mol. The van der Waals surface area contributed by atoms with Crippen LogP contribution in [0.5, 0.6) is 0 Å². The van der Waals surface area contributed by atoms with E-state index >= 15 is 0 Å². The molecular formula is C48H32N2. The SMILES string of the molecule is c1ccc(-c2ccc(N(c3ccc4c(ccc5ccc6ccccc6c54)c3)c3ccc4c5ccccc5n(-c5ccccc5)c4c3)cc2)cc1. The number of benzene rings is 9. The lowest BCUT2D eigenvalue weighted by molar-refractivity contribution is 1.18. The van der Waals surface area contributed by atoms with E-state index in [1.54, 1.807) is 0 Å². The van der Waals surface area contributed by atoms with Crippen LogP contribution in [0.2, 0.25) is 0 Å². The van der Waals surface area contributed by atoms with Crippen LogP contribution in [0.25, 0.3) is 70.9 Å². The number of hydrogen-bond acceptors (Lipinski definition) is 1. The zero-order chi connectivity index (χ0) is 33.0. The summed E-state index contributed by atoms with van der Waals surface area (Å²) in [5.74, 6) is 0. The molecule has 0 atom stereocenters. The van der Waals surface area contributed by atoms with Gasteiger partial charge >= 0.3 is 0 Å². The highest BCUT2D eigenvalue weighted by molar-refractivity contribution is 6.20. The maximum atomic E-state index is 2.40. The largest absolute Gasteiger partial charge is 0.310 e. The Morgan fingerprint density at radius 3 is 1.66 bits per heavy atom. The molecule has 0 aliphatic rings. The Balaban J connectivity index is 1.20. The fraction of sp³-hybridized carbons (Fsp3) is 0. The van der Waals surface area contributed by atoms with Crippen molar-refractivity contribution in [3.63, 3.8) is 0 Å². The molecule has 0 amide bonds. The van der Waals surface area contributed by atoms with Crippen molar-refractivity contribution in [2.24, 2.45) is 0 Å². The summed E-state index contributed by atoms with van der Waals surface area (Å²) in [5.41, 5.74) is 9.28. The van der Waals surface area contributed by atoms with Gasteiger partial charge in [-0.25, -0.2) is 0 Å². The summed E-state index contributed by atoms with van der Waals surface area (Å²) in [6.07, 6.45) is 0. The average Bonchev–Trinajstić information content (AvgIpc) is 3.52. The molecule has 0 spiro atoms. The van der Waals surface area contributed by atoms with Gasteiger partial charge in [0.2, 0.25) is 0 Å². The molecule has 2 heteroatoms. The highest BCUT2D eigenvalue weighted by Crippen LogP contribution is 2.42. The molecule has 0 saturated heterocycles. The fourth-order valence-corrected chi connectivity index (χ4v) is 7.80. The minimum atomic E-state index is 1.11. The molecule has 0 radical (unpaired) electrons. The van der Waals surface area contributed by atoms with Crippen LogP contribution in [0.4, 0.5) is 17.1 Å². The molecule has 0 fully saturated rings. The first-order valence-electron chi connectivity index (χ1n) is 17.2. The van der Waals surface area contributed by atoms with Gasteiger partial charge in [0.15, 0.2) is 0 Å². The van der Waals surface area contributed by atoms with E-state index in [-0.39, 0.29) is 0 Å². The Morgan fingerprint density at radius 1 is 0.320 bits per heavy atom. The zero-order valence-corrected chi connectivity index (χ0v) is 27.4. The third kappa shape index (κ3) is 4.57. The Kier molecular flexibility index (Phi) is 6.53. The van der Waals surface area contributed by atoms with Gasteiger partial charge in [-0.3, -0.25) is 0 Å². The smallest absolute Gasteiger partial charge is 0.0561 e. The second kappa shape index (κ2) is 11.5. The molecule has 0 unspecified atom stereocenters. The van der Waals surface area contributed by atoms with Crippen molar-refractivity contribution in [1.29, 1.82) is 0 Å². The van der Waals surface area contributed by atoms with E-state index in [0.717, 1.165) is 22.7 Å². The van der Waals surface area contributed by atoms with Gasteiger partial charge in [0.05, 0.1) is 11.0 Å². The van der Waals surface area contributed by atoms with Crippen molar-refractivity contribution in [1.82, 2.24) is 4.57 Å². The lowest BCUT2D eigenvalue weighted by Crippen LogP contribution is -2.10. The van der Waals surface area contributed by atoms with Crippen LogP contribution in [0.15, 0.2) is 194 Å². The van der Waals surface area contributed by atoms with Gasteiger partial charge in [0.1, 0.15) is 0 Å². The van der Waals surface area contributed by atoms with Gasteiger partial charge in [-0.05, 0) is 98.0 Å². The van der Waals surface area contributed by atoms with Crippen molar-refractivity contribution in [2.45, 2.75) is 0 Å². The molecule has 0 aliphatic carbocycles. The van der Waals surface area contributed by atoms with E-state index in [9.17, 15) is 0 Å². The fourth-order valence-electron chi connectivity index (χ4n) is 7.80. The third-order valence-corrected chi connectivity index (χ3v) is 10.1. The first kappa shape index (κ1) is 28.4. The number of aromatic nitrogens is 1. The van der Waals surface area contributed by atoms with Gasteiger partial charge < -0.3 is 9.47 Å². The van der Waals surface area contributed by atoms with Gasteiger partial charge in [0.25, 0.3) is 0 Å². The predicted octanol–water partition coefficient (Wildman–Crippen LogP) is 13.4. The second-order valence-corrected chi connectivity index (χ2v) is 13.0. The quantitative estimate of drug-likeness (QED) is 0.171. The molecule has 1 aromatic heterocycles. The maximum Gasteiger partial charge on any atom is 0.0561 e. The summed E-state index contributed by atoms with van der Waals surface area (Å²) in [7, 11) is 0. The first-order valence-corrected chi connectivity index (χ1v) is 17.2. The lowest BCUT2D eigenvalue weighted by atomic mass is 9.96. The first-order chi connectivity index (χ1) is 24.8. The van der Waals surface area contributed by atoms with Crippen molar-refractivity contribution < 1.29 is 0 Å². The molecule has 10 rings (SSSR count). The standard InChI is InChI=1S/C48H32N2/c1-3-11-33(12-4-1)34-23-25-39(26-24-34)49(40-27-29-43-37(31-40)22-21-36-20-19-35-13-7-8-16-42(35)48(36)43)41-28-30-45-44-17-9-10-18-46(44)50(47(45)32-41)38-14-5-2-6-15-38/h1-32H. The van der Waals surface area contributed by atoms with E-state index in [0.29, 0.717) is 0 Å². The number of nitrogens with zero attached hydrogens (tertiary/aromatic N) is 2. The highest BCUT2D eigenvalue weighted by Gasteiger charge is 2.18. The van der Waals surface area contributed by atoms with Gasteiger partial charge in [-0.1, -0.05) is 140 Å². The molecule has 10 aromatic rings. The van der Waals surface area contributed by atoms with Gasteiger partial charge in [-0.2, -0.15) is 0 Å². The molecule has 9 aromatic carbocycles. The average molecular weight is 637 g/mol. The van der Waals surface area contributed by atoms with Crippen molar-refractivity contribution in [3.8, 4) is 16.8 Å². The molecule has 0 aliphatic heterocycles. The van der Waals surface area contributed by atoms with E-state index in [2.05, 4.69) is 204 Å². The molecule has 1 heterocycles. The van der Waals surface area contributed by atoms with E-state index in [1.165, 1.54) is 65.3 Å². The van der Waals surface area contributed by atoms with E-state index in [4.69, 9.17) is 0 Å². The molecule has 50 heavy (non-hydrogen) atoms. The molecule has 0 N–H and O–H groups in total. The molecule has 2 nitrogen and oxygen atoms in total. The van der Waals surface area contributed by atoms with Crippen LogP contribution in [-0.4, -0.2) is 4.57 Å². The van der Waals surface area contributed by atoms with Crippen molar-refractivity contribution in [2.75, 3.05) is 4.90 Å².